The highest BCUT2D eigenvalue weighted by Gasteiger charge is 2.29. The number of halogens is 1. The van der Waals surface area contributed by atoms with Crippen molar-refractivity contribution in [2.24, 2.45) is 0 Å². The molecule has 1 amide bonds. The Balaban J connectivity index is 1.46. The minimum Gasteiger partial charge on any atom is -0.465 e. The lowest BCUT2D eigenvalue weighted by Gasteiger charge is -2.26. The molecule has 0 saturated carbocycles. The zero-order valence-corrected chi connectivity index (χ0v) is 15.6. The number of furan rings is 1. The maximum absolute atomic E-state index is 13.4. The van der Waals surface area contributed by atoms with Gasteiger partial charge in [-0.05, 0) is 37.5 Å². The van der Waals surface area contributed by atoms with E-state index in [0.717, 1.165) is 49.3 Å². The van der Waals surface area contributed by atoms with Gasteiger partial charge in [-0.3, -0.25) is 9.69 Å². The summed E-state index contributed by atoms with van der Waals surface area (Å²) in [5, 5.41) is 3.00. The quantitative estimate of drug-likeness (QED) is 0.876. The van der Waals surface area contributed by atoms with Crippen molar-refractivity contribution < 1.29 is 18.3 Å². The zero-order chi connectivity index (χ0) is 18.8. The van der Waals surface area contributed by atoms with Crippen molar-refractivity contribution in [3.63, 3.8) is 0 Å². The Morgan fingerprint density at radius 3 is 3.07 bits per heavy atom. The van der Waals surface area contributed by atoms with Crippen molar-refractivity contribution in [1.29, 1.82) is 0 Å². The minimum absolute atomic E-state index is 0.0967. The molecule has 1 unspecified atom stereocenters. The number of amides is 1. The van der Waals surface area contributed by atoms with Crippen LogP contribution in [0.25, 0.3) is 0 Å². The predicted octanol–water partition coefficient (Wildman–Crippen LogP) is 3.19. The van der Waals surface area contributed by atoms with Gasteiger partial charge in [0.25, 0.3) is 5.91 Å². The highest BCUT2D eigenvalue weighted by Crippen LogP contribution is 2.29. The van der Waals surface area contributed by atoms with Gasteiger partial charge in [-0.1, -0.05) is 12.1 Å². The third-order valence-electron chi connectivity index (χ3n) is 5.34. The summed E-state index contributed by atoms with van der Waals surface area (Å²) in [6, 6.07) is 6.67. The van der Waals surface area contributed by atoms with Crippen molar-refractivity contribution in [2.45, 2.75) is 45.4 Å². The second-order valence-corrected chi connectivity index (χ2v) is 7.37. The van der Waals surface area contributed by atoms with Gasteiger partial charge in [-0.15, -0.1) is 0 Å². The fraction of sp³-hybridized carbons (Fsp3) is 0.476. The van der Waals surface area contributed by atoms with Crippen molar-refractivity contribution in [3.05, 3.63) is 58.3 Å². The zero-order valence-electron chi connectivity index (χ0n) is 15.6. The second kappa shape index (κ2) is 7.82. The number of nitrogens with zero attached hydrogens (tertiary/aromatic N) is 1. The van der Waals surface area contributed by atoms with Crippen LogP contribution in [0.3, 0.4) is 0 Å². The van der Waals surface area contributed by atoms with Crippen LogP contribution in [-0.4, -0.2) is 36.6 Å². The van der Waals surface area contributed by atoms with Crippen LogP contribution in [0.4, 0.5) is 4.39 Å². The smallest absolute Gasteiger partial charge is 0.255 e. The Bertz CT molecular complexity index is 827. The van der Waals surface area contributed by atoms with E-state index in [9.17, 15) is 9.18 Å². The summed E-state index contributed by atoms with van der Waals surface area (Å²) >= 11 is 0. The van der Waals surface area contributed by atoms with Crippen molar-refractivity contribution in [2.75, 3.05) is 19.7 Å². The van der Waals surface area contributed by atoms with Gasteiger partial charge >= 0.3 is 0 Å². The van der Waals surface area contributed by atoms with Crippen LogP contribution >= 0.6 is 0 Å². The first-order valence-electron chi connectivity index (χ1n) is 9.58. The van der Waals surface area contributed by atoms with Crippen LogP contribution < -0.4 is 5.32 Å². The minimum atomic E-state index is -0.224. The molecule has 3 heterocycles. The SMILES string of the molecule is Cc1oc2c(c1C(=O)NCC1CCCO1)CN(Cc1cccc(F)c1)CC2. The van der Waals surface area contributed by atoms with Crippen LogP contribution in [0.2, 0.25) is 0 Å². The van der Waals surface area contributed by atoms with E-state index in [-0.39, 0.29) is 17.8 Å². The normalized spacial score (nSPS) is 19.9. The molecule has 144 valence electrons. The summed E-state index contributed by atoms with van der Waals surface area (Å²) in [6.07, 6.45) is 2.91. The lowest BCUT2D eigenvalue weighted by Crippen LogP contribution is -2.34. The third-order valence-corrected chi connectivity index (χ3v) is 5.34. The van der Waals surface area contributed by atoms with Gasteiger partial charge in [0, 0.05) is 44.8 Å². The molecule has 4 rings (SSSR count). The summed E-state index contributed by atoms with van der Waals surface area (Å²) < 4.78 is 24.9. The number of benzene rings is 1. The first-order chi connectivity index (χ1) is 13.1. The second-order valence-electron chi connectivity index (χ2n) is 7.37. The molecule has 6 heteroatoms. The Hall–Kier alpha value is -2.18. The van der Waals surface area contributed by atoms with Gasteiger partial charge in [0.05, 0.1) is 11.7 Å². The molecule has 1 saturated heterocycles. The van der Waals surface area contributed by atoms with E-state index < -0.39 is 0 Å². The number of hydrogen-bond donors (Lipinski definition) is 1. The molecule has 1 fully saturated rings. The molecule has 2 aliphatic heterocycles. The van der Waals surface area contributed by atoms with Gasteiger partial charge in [0.1, 0.15) is 17.3 Å². The van der Waals surface area contributed by atoms with Gasteiger partial charge in [0.15, 0.2) is 0 Å². The molecule has 2 aromatic rings. The molecule has 0 radical (unpaired) electrons. The molecule has 27 heavy (non-hydrogen) atoms. The first-order valence-corrected chi connectivity index (χ1v) is 9.58. The molecule has 0 bridgehead atoms. The van der Waals surface area contributed by atoms with Gasteiger partial charge < -0.3 is 14.5 Å². The Morgan fingerprint density at radius 1 is 1.41 bits per heavy atom. The van der Waals surface area contributed by atoms with E-state index in [1.54, 1.807) is 12.1 Å². The van der Waals surface area contributed by atoms with E-state index in [2.05, 4.69) is 10.2 Å². The Labute approximate surface area is 158 Å². The Kier molecular flexibility index (Phi) is 5.27. The number of nitrogens with one attached hydrogen (secondary N) is 1. The highest BCUT2D eigenvalue weighted by atomic mass is 19.1. The number of fused-ring (bicyclic) bond motifs is 1. The van der Waals surface area contributed by atoms with Crippen molar-refractivity contribution >= 4 is 5.91 Å². The largest absolute Gasteiger partial charge is 0.465 e. The van der Waals surface area contributed by atoms with E-state index in [0.29, 0.717) is 31.0 Å². The van der Waals surface area contributed by atoms with Crippen LogP contribution in [0.5, 0.6) is 0 Å². The average molecular weight is 372 g/mol. The molecule has 1 aromatic heterocycles. The summed E-state index contributed by atoms with van der Waals surface area (Å²) in [4.78, 5) is 15.0. The van der Waals surface area contributed by atoms with Crippen molar-refractivity contribution in [3.8, 4) is 0 Å². The molecule has 1 aromatic carbocycles. The third kappa shape index (κ3) is 4.06. The lowest BCUT2D eigenvalue weighted by molar-refractivity contribution is 0.0855. The fourth-order valence-electron chi connectivity index (χ4n) is 4.01. The van der Waals surface area contributed by atoms with Gasteiger partial charge in [0.2, 0.25) is 0 Å². The molecule has 0 aliphatic carbocycles. The molecule has 0 spiro atoms. The molecular formula is C21H25FN2O3. The highest BCUT2D eigenvalue weighted by molar-refractivity contribution is 5.97. The van der Waals surface area contributed by atoms with Crippen LogP contribution in [0.1, 0.15) is 45.8 Å². The van der Waals surface area contributed by atoms with E-state index in [1.807, 2.05) is 13.0 Å². The van der Waals surface area contributed by atoms with Gasteiger partial charge in [-0.2, -0.15) is 0 Å². The van der Waals surface area contributed by atoms with Crippen LogP contribution in [0.15, 0.2) is 28.7 Å². The summed E-state index contributed by atoms with van der Waals surface area (Å²) in [6.45, 7) is 5.26. The summed E-state index contributed by atoms with van der Waals surface area (Å²) in [5.74, 6) is 1.24. The molecule has 2 aliphatic rings. The Morgan fingerprint density at radius 2 is 2.30 bits per heavy atom. The van der Waals surface area contributed by atoms with Crippen LogP contribution in [0, 0.1) is 12.7 Å². The summed E-state index contributed by atoms with van der Waals surface area (Å²) in [5.41, 5.74) is 2.54. The molecule has 1 atom stereocenters. The molecule has 5 nitrogen and oxygen atoms in total. The topological polar surface area (TPSA) is 54.7 Å². The number of hydrogen-bond acceptors (Lipinski definition) is 4. The maximum atomic E-state index is 13.4. The standard InChI is InChI=1S/C21H25FN2O3/c1-14-20(21(25)23-11-17-6-3-9-26-17)18-13-24(8-7-19(18)27-14)12-15-4-2-5-16(22)10-15/h2,4-5,10,17H,3,6-9,11-13H2,1H3,(H,23,25). The van der Waals surface area contributed by atoms with Crippen molar-refractivity contribution in [1.82, 2.24) is 10.2 Å². The monoisotopic (exact) mass is 372 g/mol. The van der Waals surface area contributed by atoms with Gasteiger partial charge in [-0.25, -0.2) is 4.39 Å². The maximum Gasteiger partial charge on any atom is 0.255 e. The summed E-state index contributed by atoms with van der Waals surface area (Å²) in [7, 11) is 0. The van der Waals surface area contributed by atoms with E-state index in [1.165, 1.54) is 6.07 Å². The van der Waals surface area contributed by atoms with Crippen LogP contribution in [-0.2, 0) is 24.2 Å². The number of carbonyl (C=O) groups excluding carboxylic acids is 1. The number of rotatable bonds is 5. The lowest BCUT2D eigenvalue weighted by atomic mass is 10.0. The average Bonchev–Trinajstić information content (AvgIpc) is 3.26. The molecular weight excluding hydrogens is 347 g/mol. The van der Waals surface area contributed by atoms with E-state index in [4.69, 9.17) is 9.15 Å². The fourth-order valence-corrected chi connectivity index (χ4v) is 4.01. The van der Waals surface area contributed by atoms with E-state index >= 15 is 0 Å². The number of ether oxygens (including phenoxy) is 1. The number of aryl methyl sites for hydroxylation is 1. The number of carbonyl (C=O) groups is 1. The predicted molar refractivity (Wildman–Crippen MR) is 99.0 cm³/mol. The first kappa shape index (κ1) is 18.2. The molecule has 1 N–H and O–H groups in total.